The van der Waals surface area contributed by atoms with E-state index < -0.39 is 0 Å². The molecule has 0 spiro atoms. The lowest BCUT2D eigenvalue weighted by Gasteiger charge is -2.07. The maximum absolute atomic E-state index is 11.8. The average Bonchev–Trinajstić information content (AvgIpc) is 3.45. The molecule has 4 heterocycles. The highest BCUT2D eigenvalue weighted by Gasteiger charge is 2.19. The Hall–Kier alpha value is -4.80. The molecule has 4 aromatic heterocycles. The van der Waals surface area contributed by atoms with Gasteiger partial charge in [-0.15, -0.1) is 0 Å². The molecule has 0 saturated heterocycles. The van der Waals surface area contributed by atoms with Gasteiger partial charge in [0.05, 0.1) is 6.20 Å². The minimum absolute atomic E-state index is 0.128. The normalized spacial score (nSPS) is 11.0. The number of amides is 1. The maximum atomic E-state index is 11.8. The topological polar surface area (TPSA) is 152 Å². The molecule has 0 radical (unpaired) electrons. The summed E-state index contributed by atoms with van der Waals surface area (Å²) in [6.07, 6.45) is 3.54. The Morgan fingerprint density at radius 1 is 1.03 bits per heavy atom. The van der Waals surface area contributed by atoms with Crippen LogP contribution in [0.15, 0.2) is 54.9 Å². The number of aromatic amines is 1. The molecule has 0 saturated carbocycles. The molecular weight excluding hydrogens is 420 g/mol. The van der Waals surface area contributed by atoms with Crippen LogP contribution in [0.1, 0.15) is 16.2 Å². The third-order valence-electron chi connectivity index (χ3n) is 5.06. The van der Waals surface area contributed by atoms with Crippen molar-refractivity contribution in [2.24, 2.45) is 0 Å². The molecule has 11 heteroatoms. The first kappa shape index (κ1) is 20.1. The summed E-state index contributed by atoms with van der Waals surface area (Å²) in [7, 11) is 1.61. The van der Waals surface area contributed by atoms with Crippen LogP contribution in [-0.2, 0) is 0 Å². The number of nitrogens with one attached hydrogen (secondary N) is 3. The van der Waals surface area contributed by atoms with Gasteiger partial charge in [0, 0.05) is 24.9 Å². The molecule has 5 N–H and O–H groups in total. The predicted octanol–water partition coefficient (Wildman–Crippen LogP) is 2.57. The number of nitrogens with two attached hydrogens (primary N) is 1. The van der Waals surface area contributed by atoms with E-state index in [1.165, 1.54) is 0 Å². The number of benzene rings is 1. The first-order valence-corrected chi connectivity index (χ1v) is 10.1. The zero-order valence-electron chi connectivity index (χ0n) is 17.9. The summed E-state index contributed by atoms with van der Waals surface area (Å²) in [5, 5.41) is 12.7. The smallest absolute Gasteiger partial charge is 0.251 e. The number of carbonyl (C=O) groups is 1. The highest BCUT2D eigenvalue weighted by atomic mass is 16.1. The largest absolute Gasteiger partial charge is 0.368 e. The molecule has 0 aliphatic rings. The van der Waals surface area contributed by atoms with Crippen LogP contribution >= 0.6 is 0 Å². The van der Waals surface area contributed by atoms with Crippen LogP contribution in [0.3, 0.4) is 0 Å². The zero-order valence-corrected chi connectivity index (χ0v) is 17.9. The molecule has 0 unspecified atom stereocenters. The lowest BCUT2D eigenvalue weighted by atomic mass is 10.0. The van der Waals surface area contributed by atoms with Gasteiger partial charge in [-0.05, 0) is 42.3 Å². The Labute approximate surface area is 188 Å². The number of nitrogen functional groups attached to an aromatic ring is 1. The fourth-order valence-corrected chi connectivity index (χ4v) is 3.55. The van der Waals surface area contributed by atoms with E-state index in [9.17, 15) is 4.79 Å². The molecular formula is C22H20N10O. The SMILES string of the molecule is CNC(=O)c1ccc(-c2ccn3c(-c4nc(C)nc(N)n4)c(Nc4ccn[nH]4)nc3c2)cc1. The first-order chi connectivity index (χ1) is 16.0. The van der Waals surface area contributed by atoms with Gasteiger partial charge in [-0.1, -0.05) is 12.1 Å². The first-order valence-electron chi connectivity index (χ1n) is 10.1. The standard InChI is InChI=1S/C22H20N10O/c1-12-26-19(30-22(23)27-12)18-20(28-16-7-9-25-31-16)29-17-11-15(8-10-32(17)18)13-3-5-14(6-4-13)21(33)24-2/h3-11H,1-2H3,(H,24,33)(H2,25,28,31)(H2,23,26,27,30). The second-order valence-electron chi connectivity index (χ2n) is 7.27. The Morgan fingerprint density at radius 2 is 1.85 bits per heavy atom. The van der Waals surface area contributed by atoms with E-state index in [-0.39, 0.29) is 11.9 Å². The predicted molar refractivity (Wildman–Crippen MR) is 124 cm³/mol. The summed E-state index contributed by atoms with van der Waals surface area (Å²) in [4.78, 5) is 29.4. The molecule has 164 valence electrons. The minimum atomic E-state index is -0.128. The Balaban J connectivity index is 1.63. The van der Waals surface area contributed by atoms with Crippen molar-refractivity contribution in [1.82, 2.24) is 39.9 Å². The molecule has 33 heavy (non-hydrogen) atoms. The van der Waals surface area contributed by atoms with Gasteiger partial charge in [0.2, 0.25) is 5.95 Å². The van der Waals surface area contributed by atoms with E-state index in [1.807, 2.05) is 34.9 Å². The summed E-state index contributed by atoms with van der Waals surface area (Å²) in [5.41, 5.74) is 9.70. The van der Waals surface area contributed by atoms with Crippen LogP contribution < -0.4 is 16.4 Å². The molecule has 0 atom stereocenters. The van der Waals surface area contributed by atoms with Crippen molar-refractivity contribution in [3.63, 3.8) is 0 Å². The second kappa shape index (κ2) is 8.04. The van der Waals surface area contributed by atoms with Gasteiger partial charge in [-0.25, -0.2) is 9.97 Å². The number of rotatable bonds is 5. The lowest BCUT2D eigenvalue weighted by Crippen LogP contribution is -2.17. The number of fused-ring (bicyclic) bond motifs is 1. The van der Waals surface area contributed by atoms with E-state index in [2.05, 4.69) is 35.8 Å². The molecule has 1 aromatic carbocycles. The number of nitrogens with zero attached hydrogens (tertiary/aromatic N) is 6. The van der Waals surface area contributed by atoms with Gasteiger partial charge >= 0.3 is 0 Å². The lowest BCUT2D eigenvalue weighted by molar-refractivity contribution is 0.0963. The minimum Gasteiger partial charge on any atom is -0.368 e. The van der Waals surface area contributed by atoms with Gasteiger partial charge in [0.25, 0.3) is 5.91 Å². The van der Waals surface area contributed by atoms with E-state index >= 15 is 0 Å². The van der Waals surface area contributed by atoms with Crippen LogP contribution in [0.2, 0.25) is 0 Å². The molecule has 11 nitrogen and oxygen atoms in total. The van der Waals surface area contributed by atoms with Crippen LogP contribution in [-0.4, -0.2) is 47.5 Å². The highest BCUT2D eigenvalue weighted by molar-refractivity contribution is 5.94. The molecule has 1 amide bonds. The fourth-order valence-electron chi connectivity index (χ4n) is 3.55. The van der Waals surface area contributed by atoms with Gasteiger partial charge in [0.1, 0.15) is 23.0 Å². The Kier molecular flexibility index (Phi) is 4.90. The number of hydrogen-bond donors (Lipinski definition) is 4. The molecule has 0 aliphatic carbocycles. The summed E-state index contributed by atoms with van der Waals surface area (Å²) < 4.78 is 1.88. The number of hydrogen-bond acceptors (Lipinski definition) is 8. The second-order valence-corrected chi connectivity index (χ2v) is 7.27. The number of imidazole rings is 1. The van der Waals surface area contributed by atoms with Crippen molar-refractivity contribution in [2.45, 2.75) is 6.92 Å². The van der Waals surface area contributed by atoms with Crippen molar-refractivity contribution in [3.8, 4) is 22.6 Å². The molecule has 0 bridgehead atoms. The van der Waals surface area contributed by atoms with Crippen molar-refractivity contribution in [2.75, 3.05) is 18.1 Å². The maximum Gasteiger partial charge on any atom is 0.251 e. The van der Waals surface area contributed by atoms with E-state index in [0.717, 1.165) is 11.1 Å². The number of carbonyl (C=O) groups excluding carboxylic acids is 1. The third-order valence-corrected chi connectivity index (χ3v) is 5.06. The van der Waals surface area contributed by atoms with Gasteiger partial charge in [0.15, 0.2) is 11.6 Å². The van der Waals surface area contributed by atoms with Crippen LogP contribution in [0.5, 0.6) is 0 Å². The number of H-pyrrole nitrogens is 1. The van der Waals surface area contributed by atoms with E-state index in [4.69, 9.17) is 10.7 Å². The molecule has 5 aromatic rings. The number of aryl methyl sites for hydroxylation is 1. The van der Waals surface area contributed by atoms with E-state index in [0.29, 0.717) is 40.2 Å². The summed E-state index contributed by atoms with van der Waals surface area (Å²) in [5.74, 6) is 2.12. The number of anilines is 3. The summed E-state index contributed by atoms with van der Waals surface area (Å²) in [6, 6.07) is 13.1. The Morgan fingerprint density at radius 3 is 2.55 bits per heavy atom. The number of pyridine rings is 1. The molecule has 5 rings (SSSR count). The van der Waals surface area contributed by atoms with Crippen LogP contribution in [0.25, 0.3) is 28.3 Å². The van der Waals surface area contributed by atoms with Gasteiger partial charge in [-0.3, -0.25) is 14.3 Å². The van der Waals surface area contributed by atoms with Crippen LogP contribution in [0, 0.1) is 6.92 Å². The Bertz CT molecular complexity index is 1430. The van der Waals surface area contributed by atoms with Crippen molar-refractivity contribution in [1.29, 1.82) is 0 Å². The molecule has 0 aliphatic heterocycles. The molecule has 0 fully saturated rings. The third kappa shape index (κ3) is 3.82. The number of aromatic nitrogens is 7. The van der Waals surface area contributed by atoms with Gasteiger partial charge < -0.3 is 16.4 Å². The fraction of sp³-hybridized carbons (Fsp3) is 0.0909. The van der Waals surface area contributed by atoms with Crippen LogP contribution in [0.4, 0.5) is 17.6 Å². The monoisotopic (exact) mass is 440 g/mol. The van der Waals surface area contributed by atoms with Crippen molar-refractivity contribution < 1.29 is 4.79 Å². The van der Waals surface area contributed by atoms with E-state index in [1.54, 1.807) is 38.4 Å². The summed E-state index contributed by atoms with van der Waals surface area (Å²) in [6.45, 7) is 1.76. The zero-order chi connectivity index (χ0) is 22.9. The van der Waals surface area contributed by atoms with Crippen molar-refractivity contribution >= 4 is 29.1 Å². The average molecular weight is 440 g/mol. The van der Waals surface area contributed by atoms with Gasteiger partial charge in [-0.2, -0.15) is 15.1 Å². The van der Waals surface area contributed by atoms with Crippen molar-refractivity contribution in [3.05, 3.63) is 66.2 Å². The summed E-state index contributed by atoms with van der Waals surface area (Å²) >= 11 is 0. The quantitative estimate of drug-likeness (QED) is 0.325. The highest BCUT2D eigenvalue weighted by Crippen LogP contribution is 2.31.